The van der Waals surface area contributed by atoms with Gasteiger partial charge in [-0.25, -0.2) is 13.6 Å². The first-order valence-corrected chi connectivity index (χ1v) is 9.20. The van der Waals surface area contributed by atoms with Crippen LogP contribution in [0.1, 0.15) is 16.7 Å². The van der Waals surface area contributed by atoms with Crippen molar-refractivity contribution in [3.8, 4) is 17.6 Å². The number of esters is 1. The van der Waals surface area contributed by atoms with Crippen LogP contribution in [0.2, 0.25) is 0 Å². The number of hydrogen-bond acceptors (Lipinski definition) is 4. The van der Waals surface area contributed by atoms with Crippen molar-refractivity contribution in [1.29, 1.82) is 5.26 Å². The molecule has 0 heterocycles. The number of carbonyl (C=O) groups excluding carboxylic acids is 1. The fourth-order valence-electron chi connectivity index (χ4n) is 2.76. The summed E-state index contributed by atoms with van der Waals surface area (Å²) in [5.74, 6) is -1.06. The van der Waals surface area contributed by atoms with Crippen LogP contribution in [0.4, 0.5) is 8.78 Å². The molecule has 0 atom stereocenters. The fraction of sp³-hybridized carbons (Fsp3) is 0.0400. The second-order valence-corrected chi connectivity index (χ2v) is 6.37. The van der Waals surface area contributed by atoms with Gasteiger partial charge in [-0.2, -0.15) is 5.26 Å². The lowest BCUT2D eigenvalue weighted by Gasteiger charge is -2.09. The molecule has 0 amide bonds. The van der Waals surface area contributed by atoms with E-state index in [1.807, 2.05) is 6.07 Å². The summed E-state index contributed by atoms with van der Waals surface area (Å²) in [6.45, 7) is 0. The van der Waals surface area contributed by atoms with Crippen LogP contribution in [-0.4, -0.2) is 13.1 Å². The molecule has 0 radical (unpaired) electrons. The highest BCUT2D eigenvalue weighted by Crippen LogP contribution is 2.30. The average Bonchev–Trinajstić information content (AvgIpc) is 2.78. The monoisotopic (exact) mass is 417 g/mol. The standard InChI is InChI=1S/C25H17F2NO3/c1-30-24-15-18(14-19(16-28)21-4-2-3-5-22(21)27)8-12-23(24)31-25(29)13-9-17-6-10-20(26)11-7-17/h2-15H,1H3/b13-9+,19-14-. The molecule has 0 aliphatic carbocycles. The second kappa shape index (κ2) is 9.99. The lowest BCUT2D eigenvalue weighted by atomic mass is 10.0. The summed E-state index contributed by atoms with van der Waals surface area (Å²) in [5.41, 5.74) is 1.54. The van der Waals surface area contributed by atoms with Gasteiger partial charge >= 0.3 is 5.97 Å². The zero-order chi connectivity index (χ0) is 22.2. The first-order valence-electron chi connectivity index (χ1n) is 9.20. The highest BCUT2D eigenvalue weighted by Gasteiger charge is 2.11. The Morgan fingerprint density at radius 3 is 2.35 bits per heavy atom. The zero-order valence-corrected chi connectivity index (χ0v) is 16.5. The van der Waals surface area contributed by atoms with Crippen LogP contribution < -0.4 is 9.47 Å². The molecule has 0 spiro atoms. The highest BCUT2D eigenvalue weighted by molar-refractivity contribution is 5.91. The number of halogens is 2. The minimum atomic E-state index is -0.644. The molecule has 0 saturated heterocycles. The third-order valence-corrected chi connectivity index (χ3v) is 4.28. The molecular formula is C25H17F2NO3. The van der Waals surface area contributed by atoms with Crippen LogP contribution in [-0.2, 0) is 4.79 Å². The van der Waals surface area contributed by atoms with Gasteiger partial charge in [0, 0.05) is 11.6 Å². The van der Waals surface area contributed by atoms with Gasteiger partial charge in [-0.3, -0.25) is 0 Å². The highest BCUT2D eigenvalue weighted by atomic mass is 19.1. The molecule has 3 aromatic carbocycles. The van der Waals surface area contributed by atoms with Gasteiger partial charge in [0.2, 0.25) is 0 Å². The largest absolute Gasteiger partial charge is 0.493 e. The molecule has 0 N–H and O–H groups in total. The van der Waals surface area contributed by atoms with Crippen LogP contribution in [0, 0.1) is 23.0 Å². The molecule has 31 heavy (non-hydrogen) atoms. The number of rotatable bonds is 6. The van der Waals surface area contributed by atoms with Gasteiger partial charge in [0.25, 0.3) is 0 Å². The molecule has 0 unspecified atom stereocenters. The van der Waals surface area contributed by atoms with Crippen molar-refractivity contribution in [2.45, 2.75) is 0 Å². The van der Waals surface area contributed by atoms with Gasteiger partial charge in [-0.1, -0.05) is 36.4 Å². The van der Waals surface area contributed by atoms with Crippen LogP contribution in [0.5, 0.6) is 11.5 Å². The van der Waals surface area contributed by atoms with Crippen LogP contribution in [0.25, 0.3) is 17.7 Å². The predicted molar refractivity (Wildman–Crippen MR) is 114 cm³/mol. The third kappa shape index (κ3) is 5.64. The maximum atomic E-state index is 14.0. The molecule has 154 valence electrons. The molecule has 0 aliphatic heterocycles. The Bertz CT molecular complexity index is 1190. The number of carbonyl (C=O) groups is 1. The smallest absolute Gasteiger partial charge is 0.336 e. The Hall–Kier alpha value is -4.24. The number of allylic oxidation sites excluding steroid dienone is 1. The number of ether oxygens (including phenoxy) is 2. The van der Waals surface area contributed by atoms with E-state index in [9.17, 15) is 18.8 Å². The van der Waals surface area contributed by atoms with E-state index in [0.29, 0.717) is 11.1 Å². The van der Waals surface area contributed by atoms with E-state index < -0.39 is 11.8 Å². The molecule has 4 nitrogen and oxygen atoms in total. The van der Waals surface area contributed by atoms with Gasteiger partial charge in [0.05, 0.1) is 18.8 Å². The number of hydrogen-bond donors (Lipinski definition) is 0. The molecular weight excluding hydrogens is 400 g/mol. The topological polar surface area (TPSA) is 59.3 Å². The molecule has 0 saturated carbocycles. The minimum Gasteiger partial charge on any atom is -0.493 e. The molecule has 0 aliphatic rings. The molecule has 0 bridgehead atoms. The van der Waals surface area contributed by atoms with Crippen molar-refractivity contribution in [3.63, 3.8) is 0 Å². The van der Waals surface area contributed by atoms with Crippen molar-refractivity contribution in [3.05, 3.63) is 101 Å². The number of nitrogens with zero attached hydrogens (tertiary/aromatic N) is 1. The van der Waals surface area contributed by atoms with Gasteiger partial charge in [-0.05, 0) is 53.6 Å². The summed E-state index contributed by atoms with van der Waals surface area (Å²) >= 11 is 0. The van der Waals surface area contributed by atoms with E-state index in [1.54, 1.807) is 24.3 Å². The zero-order valence-electron chi connectivity index (χ0n) is 16.5. The Morgan fingerprint density at radius 2 is 1.68 bits per heavy atom. The van der Waals surface area contributed by atoms with E-state index in [4.69, 9.17) is 9.47 Å². The van der Waals surface area contributed by atoms with E-state index in [1.165, 1.54) is 67.8 Å². The van der Waals surface area contributed by atoms with E-state index in [0.717, 1.165) is 0 Å². The Kier molecular flexibility index (Phi) is 6.92. The van der Waals surface area contributed by atoms with Gasteiger partial charge in [0.15, 0.2) is 11.5 Å². The summed E-state index contributed by atoms with van der Waals surface area (Å²) < 4.78 is 37.5. The second-order valence-electron chi connectivity index (χ2n) is 6.37. The summed E-state index contributed by atoms with van der Waals surface area (Å²) in [4.78, 5) is 12.1. The molecule has 0 fully saturated rings. The van der Waals surface area contributed by atoms with Crippen molar-refractivity contribution in [2.24, 2.45) is 0 Å². The number of methoxy groups -OCH3 is 1. The molecule has 0 aromatic heterocycles. The Labute approximate surface area is 178 Å². The summed E-state index contributed by atoms with van der Waals surface area (Å²) in [5, 5.41) is 9.42. The van der Waals surface area contributed by atoms with E-state index >= 15 is 0 Å². The van der Waals surface area contributed by atoms with Crippen LogP contribution in [0.15, 0.2) is 72.8 Å². The molecule has 3 rings (SSSR count). The number of nitriles is 1. The predicted octanol–water partition coefficient (Wildman–Crippen LogP) is 5.66. The van der Waals surface area contributed by atoms with Crippen LogP contribution >= 0.6 is 0 Å². The van der Waals surface area contributed by atoms with Gasteiger partial charge < -0.3 is 9.47 Å². The SMILES string of the molecule is COc1cc(/C=C(/C#N)c2ccccc2F)ccc1OC(=O)/C=C/c1ccc(F)cc1. The Morgan fingerprint density at radius 1 is 0.968 bits per heavy atom. The van der Waals surface area contributed by atoms with Crippen molar-refractivity contribution < 1.29 is 23.0 Å². The first-order chi connectivity index (χ1) is 15.0. The molecule has 6 heteroatoms. The average molecular weight is 417 g/mol. The maximum Gasteiger partial charge on any atom is 0.336 e. The van der Waals surface area contributed by atoms with Crippen molar-refractivity contribution in [2.75, 3.05) is 7.11 Å². The fourth-order valence-corrected chi connectivity index (χ4v) is 2.76. The Balaban J connectivity index is 1.79. The van der Waals surface area contributed by atoms with Crippen LogP contribution in [0.3, 0.4) is 0 Å². The minimum absolute atomic E-state index is 0.145. The maximum absolute atomic E-state index is 14.0. The lowest BCUT2D eigenvalue weighted by Crippen LogP contribution is -2.05. The molecule has 3 aromatic rings. The normalized spacial score (nSPS) is 11.2. The van der Waals surface area contributed by atoms with Crippen molar-refractivity contribution in [1.82, 2.24) is 0 Å². The summed E-state index contributed by atoms with van der Waals surface area (Å²) in [6, 6.07) is 18.3. The van der Waals surface area contributed by atoms with Gasteiger partial charge in [0.1, 0.15) is 11.6 Å². The number of benzene rings is 3. The first kappa shape index (κ1) is 21.5. The lowest BCUT2D eigenvalue weighted by molar-refractivity contribution is -0.129. The van der Waals surface area contributed by atoms with E-state index in [2.05, 4.69) is 0 Å². The van der Waals surface area contributed by atoms with Crippen molar-refractivity contribution >= 4 is 23.7 Å². The quantitative estimate of drug-likeness (QED) is 0.171. The van der Waals surface area contributed by atoms with E-state index in [-0.39, 0.29) is 28.5 Å². The summed E-state index contributed by atoms with van der Waals surface area (Å²) in [7, 11) is 1.41. The third-order valence-electron chi connectivity index (χ3n) is 4.28. The summed E-state index contributed by atoms with van der Waals surface area (Å²) in [6.07, 6.45) is 4.23. The van der Waals surface area contributed by atoms with Gasteiger partial charge in [-0.15, -0.1) is 0 Å².